The Balaban J connectivity index is 0.00000507. The summed E-state index contributed by atoms with van der Waals surface area (Å²) in [6.07, 6.45) is 3.09. The summed E-state index contributed by atoms with van der Waals surface area (Å²) >= 11 is 0. The molecule has 3 rings (SSSR count). The van der Waals surface area contributed by atoms with Crippen LogP contribution in [0.25, 0.3) is 10.8 Å². The van der Waals surface area contributed by atoms with Crippen molar-refractivity contribution < 1.29 is 19.2 Å². The number of nitrogens with two attached hydrogens (primary N) is 1. The van der Waals surface area contributed by atoms with E-state index in [1.165, 1.54) is 0 Å². The van der Waals surface area contributed by atoms with E-state index >= 15 is 0 Å². The van der Waals surface area contributed by atoms with E-state index in [0.717, 1.165) is 35.6 Å². The van der Waals surface area contributed by atoms with Gasteiger partial charge < -0.3 is 26.6 Å². The van der Waals surface area contributed by atoms with Crippen molar-refractivity contribution in [3.05, 3.63) is 48.0 Å². The molecule has 5 N–H and O–H groups in total. The zero-order chi connectivity index (χ0) is 26.8. The fourth-order valence-electron chi connectivity index (χ4n) is 4.84. The molecule has 1 saturated heterocycles. The first-order valence-corrected chi connectivity index (χ1v) is 13.2. The molecule has 0 aliphatic carbocycles. The lowest BCUT2D eigenvalue weighted by molar-refractivity contribution is -0.142. The quantitative estimate of drug-likeness (QED) is 0.302. The predicted molar refractivity (Wildman–Crippen MR) is 151 cm³/mol. The second-order valence-electron chi connectivity index (χ2n) is 9.49. The van der Waals surface area contributed by atoms with Crippen molar-refractivity contribution in [1.29, 1.82) is 0 Å². The maximum absolute atomic E-state index is 13.4. The number of rotatable bonds is 12. The molecule has 0 saturated carbocycles. The van der Waals surface area contributed by atoms with Gasteiger partial charge >= 0.3 is 0 Å². The third-order valence-corrected chi connectivity index (χ3v) is 6.99. The number of likely N-dealkylation sites (tertiary alicyclic amines) is 1. The van der Waals surface area contributed by atoms with E-state index in [2.05, 4.69) is 16.0 Å². The Morgan fingerprint density at radius 1 is 1.00 bits per heavy atom. The molecule has 1 aliphatic heterocycles. The average molecular weight is 546 g/mol. The number of carbonyl (C=O) groups is 4. The normalized spacial score (nSPS) is 15.6. The monoisotopic (exact) mass is 545 g/mol. The fraction of sp³-hybridized carbons (Fsp3) is 0.500. The average Bonchev–Trinajstić information content (AvgIpc) is 3.41. The first-order chi connectivity index (χ1) is 17.9. The second kappa shape index (κ2) is 15.3. The number of benzene rings is 2. The molecule has 1 fully saturated rings. The van der Waals surface area contributed by atoms with Crippen LogP contribution in [0.1, 0.15) is 45.1 Å². The molecule has 0 radical (unpaired) electrons. The SMILES string of the molecule is CCC(CC)C(=O)N1CCCC1C(=O)N[C@H](Cc1ccc2ccccc2c1)C(=O)NCCNC(=O)CN.Cl. The van der Waals surface area contributed by atoms with Gasteiger partial charge in [0.05, 0.1) is 6.54 Å². The van der Waals surface area contributed by atoms with Crippen molar-refractivity contribution >= 4 is 46.8 Å². The maximum Gasteiger partial charge on any atom is 0.243 e. The highest BCUT2D eigenvalue weighted by atomic mass is 35.5. The number of nitrogens with one attached hydrogen (secondary N) is 3. The lowest BCUT2D eigenvalue weighted by Crippen LogP contribution is -2.55. The molecule has 4 amide bonds. The van der Waals surface area contributed by atoms with Crippen LogP contribution in [0.15, 0.2) is 42.5 Å². The van der Waals surface area contributed by atoms with E-state index in [-0.39, 0.29) is 61.6 Å². The van der Waals surface area contributed by atoms with Gasteiger partial charge in [0.1, 0.15) is 12.1 Å². The predicted octanol–water partition coefficient (Wildman–Crippen LogP) is 1.91. The lowest BCUT2D eigenvalue weighted by atomic mass is 10.00. The molecular weight excluding hydrogens is 506 g/mol. The molecule has 38 heavy (non-hydrogen) atoms. The smallest absolute Gasteiger partial charge is 0.243 e. The molecular formula is C28H40ClN5O4. The number of hydrogen-bond acceptors (Lipinski definition) is 5. The number of fused-ring (bicyclic) bond motifs is 1. The number of halogens is 1. The first kappa shape index (κ1) is 31.1. The van der Waals surface area contributed by atoms with Crippen LogP contribution in [-0.4, -0.2) is 66.8 Å². The van der Waals surface area contributed by atoms with E-state index in [0.29, 0.717) is 19.4 Å². The number of carbonyl (C=O) groups excluding carboxylic acids is 4. The Labute approximate surface area is 230 Å². The Kier molecular flexibility index (Phi) is 12.5. The maximum atomic E-state index is 13.4. The van der Waals surface area contributed by atoms with Crippen molar-refractivity contribution in [2.75, 3.05) is 26.2 Å². The summed E-state index contributed by atoms with van der Waals surface area (Å²) in [7, 11) is 0. The minimum atomic E-state index is -0.829. The van der Waals surface area contributed by atoms with Gasteiger partial charge in [-0.15, -0.1) is 12.4 Å². The second-order valence-corrected chi connectivity index (χ2v) is 9.49. The topological polar surface area (TPSA) is 134 Å². The first-order valence-electron chi connectivity index (χ1n) is 13.2. The largest absolute Gasteiger partial charge is 0.353 e. The number of amides is 4. The molecule has 1 unspecified atom stereocenters. The van der Waals surface area contributed by atoms with Crippen molar-refractivity contribution in [2.45, 2.75) is 58.0 Å². The number of nitrogens with zero attached hydrogens (tertiary/aromatic N) is 1. The summed E-state index contributed by atoms with van der Waals surface area (Å²) in [6, 6.07) is 12.5. The van der Waals surface area contributed by atoms with Crippen molar-refractivity contribution in [3.8, 4) is 0 Å². The van der Waals surface area contributed by atoms with Crippen LogP contribution in [0.3, 0.4) is 0 Å². The van der Waals surface area contributed by atoms with Crippen LogP contribution in [0.4, 0.5) is 0 Å². The summed E-state index contributed by atoms with van der Waals surface area (Å²) in [5.74, 6) is -1.06. The van der Waals surface area contributed by atoms with Crippen molar-refractivity contribution in [3.63, 3.8) is 0 Å². The minimum absolute atomic E-state index is 0. The highest BCUT2D eigenvalue weighted by Crippen LogP contribution is 2.23. The Hall–Kier alpha value is -3.17. The van der Waals surface area contributed by atoms with Gasteiger partial charge in [-0.05, 0) is 42.0 Å². The summed E-state index contributed by atoms with van der Waals surface area (Å²) in [4.78, 5) is 52.6. The van der Waals surface area contributed by atoms with E-state index < -0.39 is 12.1 Å². The minimum Gasteiger partial charge on any atom is -0.353 e. The molecule has 1 aliphatic rings. The highest BCUT2D eigenvalue weighted by Gasteiger charge is 2.37. The fourth-order valence-corrected chi connectivity index (χ4v) is 4.84. The molecule has 0 aromatic heterocycles. The Morgan fingerprint density at radius 2 is 1.68 bits per heavy atom. The van der Waals surface area contributed by atoms with Crippen molar-refractivity contribution in [1.82, 2.24) is 20.9 Å². The van der Waals surface area contributed by atoms with Crippen LogP contribution in [0, 0.1) is 5.92 Å². The van der Waals surface area contributed by atoms with Crippen LogP contribution < -0.4 is 21.7 Å². The van der Waals surface area contributed by atoms with Crippen LogP contribution >= 0.6 is 12.4 Å². The van der Waals surface area contributed by atoms with Crippen molar-refractivity contribution in [2.24, 2.45) is 11.7 Å². The lowest BCUT2D eigenvalue weighted by Gasteiger charge is -2.29. The molecule has 0 bridgehead atoms. The van der Waals surface area contributed by atoms with Gasteiger partial charge in [-0.25, -0.2) is 0 Å². The molecule has 2 aromatic rings. The van der Waals surface area contributed by atoms with Gasteiger partial charge in [-0.3, -0.25) is 19.2 Å². The zero-order valence-corrected chi connectivity index (χ0v) is 23.0. The number of hydrogen-bond donors (Lipinski definition) is 4. The summed E-state index contributed by atoms with van der Waals surface area (Å²) in [5.41, 5.74) is 6.21. The van der Waals surface area contributed by atoms with Crippen LogP contribution in [-0.2, 0) is 25.6 Å². The molecule has 1 heterocycles. The molecule has 2 aromatic carbocycles. The van der Waals surface area contributed by atoms with Crippen LogP contribution in [0.5, 0.6) is 0 Å². The summed E-state index contributed by atoms with van der Waals surface area (Å²) in [5, 5.41) is 10.5. The van der Waals surface area contributed by atoms with Crippen LogP contribution in [0.2, 0.25) is 0 Å². The molecule has 208 valence electrons. The summed E-state index contributed by atoms with van der Waals surface area (Å²) in [6.45, 7) is 4.84. The third-order valence-electron chi connectivity index (χ3n) is 6.99. The van der Waals surface area contributed by atoms with Gasteiger partial charge in [-0.1, -0.05) is 56.3 Å². The zero-order valence-electron chi connectivity index (χ0n) is 22.2. The molecule has 10 heteroatoms. The van der Waals surface area contributed by atoms with Gasteiger partial charge in [-0.2, -0.15) is 0 Å². The van der Waals surface area contributed by atoms with Gasteiger partial charge in [0.15, 0.2) is 0 Å². The van der Waals surface area contributed by atoms with E-state index in [1.54, 1.807) is 4.90 Å². The van der Waals surface area contributed by atoms with Gasteiger partial charge in [0.2, 0.25) is 23.6 Å². The third kappa shape index (κ3) is 8.16. The molecule has 2 atom stereocenters. The van der Waals surface area contributed by atoms with Gasteiger partial charge in [0, 0.05) is 32.0 Å². The van der Waals surface area contributed by atoms with E-state index in [9.17, 15) is 19.2 Å². The van der Waals surface area contributed by atoms with E-state index in [4.69, 9.17) is 5.73 Å². The molecule has 0 spiro atoms. The molecule has 9 nitrogen and oxygen atoms in total. The standard InChI is InChI=1S/C28H39N5O4.ClH/c1-3-20(4-2)28(37)33-15-7-10-24(33)27(36)32-23(26(35)31-14-13-30-25(34)18-29)17-19-11-12-21-8-5-6-9-22(21)16-19;/h5-6,8-9,11-12,16,20,23-24H,3-4,7,10,13-15,17-18,29H2,1-2H3,(H,30,34)(H,31,35)(H,32,36);1H/t23-,24?;/m1./s1. The highest BCUT2D eigenvalue weighted by molar-refractivity contribution is 5.93. The van der Waals surface area contributed by atoms with Gasteiger partial charge in [0.25, 0.3) is 0 Å². The summed E-state index contributed by atoms with van der Waals surface area (Å²) < 4.78 is 0. The Bertz CT molecular complexity index is 1110. The van der Waals surface area contributed by atoms with E-state index in [1.807, 2.05) is 56.3 Å². The Morgan fingerprint density at radius 3 is 2.37 bits per heavy atom.